The van der Waals surface area contributed by atoms with Gasteiger partial charge in [-0.1, -0.05) is 57.2 Å². The molecule has 38 heavy (non-hydrogen) atoms. The molecule has 0 aromatic heterocycles. The molecule has 4 rings (SSSR count). The second kappa shape index (κ2) is 15.6. The third-order valence-electron chi connectivity index (χ3n) is 7.98. The predicted octanol–water partition coefficient (Wildman–Crippen LogP) is 6.56. The van der Waals surface area contributed by atoms with Crippen molar-refractivity contribution in [2.24, 2.45) is 17.8 Å². The molecule has 2 aromatic rings. The van der Waals surface area contributed by atoms with Gasteiger partial charge in [-0.25, -0.2) is 4.39 Å². The molecule has 1 aliphatic heterocycles. The molecule has 2 fully saturated rings. The van der Waals surface area contributed by atoms with E-state index in [1.807, 2.05) is 12.1 Å². The quantitative estimate of drug-likeness (QED) is 0.366. The minimum absolute atomic E-state index is 0.0862. The van der Waals surface area contributed by atoms with Crippen molar-refractivity contribution >= 4 is 11.6 Å². The zero-order valence-electron chi connectivity index (χ0n) is 23.0. The number of hydrogen-bond donors (Lipinski definition) is 2. The van der Waals surface area contributed by atoms with Crippen molar-refractivity contribution in [2.45, 2.75) is 77.7 Å². The number of nitrogens with zero attached hydrogens (tertiary/aromatic N) is 2. The van der Waals surface area contributed by atoms with E-state index in [1.165, 1.54) is 69.6 Å². The first-order valence-electron chi connectivity index (χ1n) is 14.2. The van der Waals surface area contributed by atoms with Crippen LogP contribution in [-0.2, 0) is 11.2 Å². The van der Waals surface area contributed by atoms with Crippen molar-refractivity contribution in [1.29, 1.82) is 5.26 Å². The topological polar surface area (TPSA) is 76.4 Å². The molecular formula is C32H44FN3O2. The van der Waals surface area contributed by atoms with Gasteiger partial charge in [0, 0.05) is 25.7 Å². The number of carbonyl (C=O) groups excluding carboxylic acids is 1. The van der Waals surface area contributed by atoms with Crippen LogP contribution in [0.25, 0.3) is 0 Å². The highest BCUT2D eigenvalue weighted by Gasteiger charge is 2.26. The average molecular weight is 522 g/mol. The van der Waals surface area contributed by atoms with E-state index in [4.69, 9.17) is 5.26 Å². The van der Waals surface area contributed by atoms with Crippen LogP contribution < -0.4 is 5.32 Å². The normalized spacial score (nSPS) is 22.1. The van der Waals surface area contributed by atoms with Crippen LogP contribution in [0, 0.1) is 34.9 Å². The number of hydrogen-bond acceptors (Lipinski definition) is 4. The third kappa shape index (κ3) is 10.6. The van der Waals surface area contributed by atoms with Crippen LogP contribution in [0.2, 0.25) is 0 Å². The van der Waals surface area contributed by atoms with Crippen molar-refractivity contribution in [3.8, 4) is 6.07 Å². The lowest BCUT2D eigenvalue weighted by molar-refractivity contribution is -0.114. The first-order chi connectivity index (χ1) is 18.3. The number of rotatable bonds is 9. The smallest absolute Gasteiger partial charge is 0.221 e. The van der Waals surface area contributed by atoms with Gasteiger partial charge in [-0.15, -0.1) is 0 Å². The van der Waals surface area contributed by atoms with Crippen LogP contribution in [0.1, 0.15) is 76.3 Å². The number of carbonyl (C=O) groups is 1. The molecule has 4 atom stereocenters. The highest BCUT2D eigenvalue weighted by molar-refractivity contribution is 5.88. The summed E-state index contributed by atoms with van der Waals surface area (Å²) in [7, 11) is 0. The number of aliphatic hydroxyl groups is 1. The number of amides is 1. The molecule has 0 bridgehead atoms. The van der Waals surface area contributed by atoms with Crippen LogP contribution in [0.5, 0.6) is 0 Å². The molecule has 2 aliphatic rings. The summed E-state index contributed by atoms with van der Waals surface area (Å²) in [6.45, 7) is 6.96. The lowest BCUT2D eigenvalue weighted by Gasteiger charge is -2.33. The molecule has 5 nitrogen and oxygen atoms in total. The lowest BCUT2D eigenvalue weighted by Crippen LogP contribution is -2.24. The second-order valence-electron chi connectivity index (χ2n) is 11.2. The first kappa shape index (κ1) is 29.8. The van der Waals surface area contributed by atoms with Crippen LogP contribution in [0.4, 0.5) is 10.1 Å². The van der Waals surface area contributed by atoms with Gasteiger partial charge in [0.2, 0.25) is 5.91 Å². The molecule has 1 aliphatic carbocycles. The number of nitrogens with one attached hydrogen (secondary N) is 1. The van der Waals surface area contributed by atoms with E-state index in [2.05, 4.69) is 35.3 Å². The van der Waals surface area contributed by atoms with E-state index >= 15 is 0 Å². The van der Waals surface area contributed by atoms with Crippen molar-refractivity contribution < 1.29 is 14.3 Å². The van der Waals surface area contributed by atoms with E-state index in [-0.39, 0.29) is 17.8 Å². The number of halogens is 1. The van der Waals surface area contributed by atoms with Crippen molar-refractivity contribution in [2.75, 3.05) is 25.0 Å². The number of β-amino-alcohol motifs (C(OH)–C–C–N with tert-alkyl or cyclic N) is 1. The first-order valence-corrected chi connectivity index (χ1v) is 14.2. The third-order valence-corrected chi connectivity index (χ3v) is 7.98. The Hall–Kier alpha value is -2.75. The van der Waals surface area contributed by atoms with Crippen LogP contribution in [-0.4, -0.2) is 41.7 Å². The number of anilines is 1. The van der Waals surface area contributed by atoms with Crippen LogP contribution in [0.15, 0.2) is 48.5 Å². The Morgan fingerprint density at radius 2 is 2.00 bits per heavy atom. The molecule has 1 saturated carbocycles. The van der Waals surface area contributed by atoms with E-state index in [0.717, 1.165) is 55.8 Å². The second-order valence-corrected chi connectivity index (χ2v) is 11.2. The summed E-state index contributed by atoms with van der Waals surface area (Å²) in [5.74, 6) is 1.93. The summed E-state index contributed by atoms with van der Waals surface area (Å²) >= 11 is 0. The predicted molar refractivity (Wildman–Crippen MR) is 151 cm³/mol. The van der Waals surface area contributed by atoms with E-state index in [9.17, 15) is 14.3 Å². The molecule has 1 heterocycles. The fourth-order valence-corrected chi connectivity index (χ4v) is 5.96. The molecule has 2 N–H and O–H groups in total. The fourth-order valence-electron chi connectivity index (χ4n) is 5.96. The Labute approximate surface area is 228 Å². The van der Waals surface area contributed by atoms with Gasteiger partial charge in [0.15, 0.2) is 0 Å². The summed E-state index contributed by atoms with van der Waals surface area (Å²) < 4.78 is 12.5. The SMILES string of the molecule is CC(=O)Nc1cccc(F)c1.C[C@@H](CCCCN1CCC(O)C1)C1CCCC(Cc2cccc(C#N)c2)C1. The maximum absolute atomic E-state index is 12.5. The fraction of sp³-hybridized carbons (Fsp3) is 0.562. The summed E-state index contributed by atoms with van der Waals surface area (Å²) in [5, 5.41) is 21.2. The van der Waals surface area contributed by atoms with E-state index in [1.54, 1.807) is 12.1 Å². The number of benzene rings is 2. The largest absolute Gasteiger partial charge is 0.392 e. The summed E-state index contributed by atoms with van der Waals surface area (Å²) in [6.07, 6.45) is 11.4. The van der Waals surface area contributed by atoms with Crippen LogP contribution in [0.3, 0.4) is 0 Å². The minimum Gasteiger partial charge on any atom is -0.392 e. The van der Waals surface area contributed by atoms with E-state index < -0.39 is 0 Å². The zero-order chi connectivity index (χ0) is 27.3. The van der Waals surface area contributed by atoms with Gasteiger partial charge in [-0.2, -0.15) is 5.26 Å². The van der Waals surface area contributed by atoms with Gasteiger partial charge in [0.25, 0.3) is 0 Å². The summed E-state index contributed by atoms with van der Waals surface area (Å²) in [5.41, 5.74) is 2.61. The van der Waals surface area contributed by atoms with E-state index in [0.29, 0.717) is 5.69 Å². The number of aliphatic hydroxyl groups excluding tert-OH is 1. The van der Waals surface area contributed by atoms with Gasteiger partial charge in [-0.05, 0) is 85.9 Å². The summed E-state index contributed by atoms with van der Waals surface area (Å²) in [6, 6.07) is 16.2. The Balaban J connectivity index is 0.000000304. The molecule has 0 radical (unpaired) electrons. The Morgan fingerprint density at radius 1 is 1.18 bits per heavy atom. The molecule has 6 heteroatoms. The molecule has 2 aromatic carbocycles. The number of likely N-dealkylation sites (tertiary alicyclic amines) is 1. The maximum Gasteiger partial charge on any atom is 0.221 e. The Bertz CT molecular complexity index is 1050. The lowest BCUT2D eigenvalue weighted by atomic mass is 9.72. The molecule has 0 spiro atoms. The standard InChI is InChI=1S/C24H36N2O.C8H8FNO/c1-19(6-2-3-12-26-13-11-24(27)18-26)23-10-5-8-21(16-23)14-20-7-4-9-22(15-20)17-25;1-6(11)10-8-4-2-3-7(9)5-8/h4,7,9,15,19,21,23-24,27H,2-3,5-6,8,10-14,16,18H2,1H3;2-5H,1H3,(H,10,11)/t19-,21?,23?,24?;/m0./s1. The molecule has 1 saturated heterocycles. The maximum atomic E-state index is 12.5. The van der Waals surface area contributed by atoms with Gasteiger partial charge in [-0.3, -0.25) is 4.79 Å². The zero-order valence-corrected chi connectivity index (χ0v) is 23.0. The van der Waals surface area contributed by atoms with Gasteiger partial charge < -0.3 is 15.3 Å². The average Bonchev–Trinajstić information content (AvgIpc) is 3.31. The monoisotopic (exact) mass is 521 g/mol. The van der Waals surface area contributed by atoms with Crippen LogP contribution >= 0.6 is 0 Å². The highest BCUT2D eigenvalue weighted by atomic mass is 19.1. The highest BCUT2D eigenvalue weighted by Crippen LogP contribution is 2.37. The summed E-state index contributed by atoms with van der Waals surface area (Å²) in [4.78, 5) is 12.9. The van der Waals surface area contributed by atoms with Gasteiger partial charge in [0.1, 0.15) is 5.82 Å². The number of nitriles is 1. The Morgan fingerprint density at radius 3 is 2.71 bits per heavy atom. The molecule has 3 unspecified atom stereocenters. The van der Waals surface area contributed by atoms with Gasteiger partial charge in [0.05, 0.1) is 17.7 Å². The van der Waals surface area contributed by atoms with Crippen molar-refractivity contribution in [3.05, 3.63) is 65.5 Å². The Kier molecular flexibility index (Phi) is 12.2. The number of unbranched alkanes of at least 4 members (excludes halogenated alkanes) is 1. The van der Waals surface area contributed by atoms with Gasteiger partial charge >= 0.3 is 0 Å². The van der Waals surface area contributed by atoms with Crippen molar-refractivity contribution in [3.63, 3.8) is 0 Å². The molecule has 1 amide bonds. The van der Waals surface area contributed by atoms with Crippen molar-refractivity contribution in [1.82, 2.24) is 4.90 Å². The molecular weight excluding hydrogens is 477 g/mol. The molecule has 206 valence electrons. The minimum atomic E-state index is -0.351.